The fraction of sp³-hybridized carbons (Fsp3) is 0.852. The van der Waals surface area contributed by atoms with Crippen LogP contribution in [-0.4, -0.2) is 23.7 Å². The highest BCUT2D eigenvalue weighted by Gasteiger charge is 2.22. The lowest BCUT2D eigenvalue weighted by Crippen LogP contribution is -2.21. The second-order valence-electron chi connectivity index (χ2n) is 8.90. The van der Waals surface area contributed by atoms with Crippen LogP contribution in [0.25, 0.3) is 0 Å². The molecule has 1 atom stereocenters. The Morgan fingerprint density at radius 1 is 0.710 bits per heavy atom. The maximum Gasteiger partial charge on any atom is 0.309 e. The highest BCUT2D eigenvalue weighted by Crippen LogP contribution is 2.18. The Kier molecular flexibility index (Phi) is 22.4. The number of aliphatic carboxylic acids is 1. The highest BCUT2D eigenvalue weighted by atomic mass is 16.5. The van der Waals surface area contributed by atoms with Gasteiger partial charge in [-0.1, -0.05) is 103 Å². The Morgan fingerprint density at radius 2 is 1.19 bits per heavy atom. The van der Waals surface area contributed by atoms with Gasteiger partial charge in [0.15, 0.2) is 0 Å². The molecule has 0 aromatic heterocycles. The molecule has 0 heterocycles. The molecule has 4 heteroatoms. The van der Waals surface area contributed by atoms with Gasteiger partial charge in [0, 0.05) is 0 Å². The Hall–Kier alpha value is -1.32. The van der Waals surface area contributed by atoms with E-state index in [1.807, 2.05) is 6.92 Å². The Morgan fingerprint density at radius 3 is 1.68 bits per heavy atom. The van der Waals surface area contributed by atoms with E-state index in [1.165, 1.54) is 89.9 Å². The van der Waals surface area contributed by atoms with E-state index in [0.29, 0.717) is 13.0 Å². The van der Waals surface area contributed by atoms with E-state index in [9.17, 15) is 9.59 Å². The van der Waals surface area contributed by atoms with Crippen LogP contribution < -0.4 is 0 Å². The summed E-state index contributed by atoms with van der Waals surface area (Å²) in [5, 5.41) is 9.00. The van der Waals surface area contributed by atoms with Crippen LogP contribution in [0, 0.1) is 5.92 Å². The Balaban J connectivity index is 3.48. The minimum Gasteiger partial charge on any atom is -0.481 e. The van der Waals surface area contributed by atoms with Gasteiger partial charge >= 0.3 is 11.9 Å². The SMILES string of the molecule is CCCCC/C=C/CCCCCCCCCCCCCC(CC(=O)O)C(=O)OCCC. The summed E-state index contributed by atoms with van der Waals surface area (Å²) in [6.07, 6.45) is 26.3. The summed E-state index contributed by atoms with van der Waals surface area (Å²) >= 11 is 0. The lowest BCUT2D eigenvalue weighted by Gasteiger charge is -2.13. The number of ether oxygens (including phenoxy) is 1. The molecule has 0 fully saturated rings. The van der Waals surface area contributed by atoms with Crippen LogP contribution in [-0.2, 0) is 14.3 Å². The lowest BCUT2D eigenvalue weighted by atomic mass is 9.97. The molecule has 0 saturated carbocycles. The third kappa shape index (κ3) is 21.7. The first kappa shape index (κ1) is 29.7. The zero-order chi connectivity index (χ0) is 23.0. The largest absolute Gasteiger partial charge is 0.481 e. The first-order valence-electron chi connectivity index (χ1n) is 13.1. The number of hydrogen-bond acceptors (Lipinski definition) is 3. The van der Waals surface area contributed by atoms with Gasteiger partial charge in [-0.05, 0) is 38.5 Å². The quantitative estimate of drug-likeness (QED) is 0.0991. The van der Waals surface area contributed by atoms with Crippen molar-refractivity contribution in [3.8, 4) is 0 Å². The minimum absolute atomic E-state index is 0.113. The van der Waals surface area contributed by atoms with Crippen LogP contribution in [0.2, 0.25) is 0 Å². The predicted octanol–water partition coefficient (Wildman–Crippen LogP) is 8.24. The van der Waals surface area contributed by atoms with E-state index in [0.717, 1.165) is 19.3 Å². The first-order chi connectivity index (χ1) is 15.1. The topological polar surface area (TPSA) is 63.6 Å². The van der Waals surface area contributed by atoms with Crippen molar-refractivity contribution in [2.45, 2.75) is 136 Å². The summed E-state index contributed by atoms with van der Waals surface area (Å²) < 4.78 is 5.14. The molecule has 4 nitrogen and oxygen atoms in total. The maximum absolute atomic E-state index is 12.0. The Bertz CT molecular complexity index is 445. The molecule has 182 valence electrons. The molecule has 0 amide bonds. The molecule has 0 saturated heterocycles. The van der Waals surface area contributed by atoms with E-state index in [1.54, 1.807) is 0 Å². The van der Waals surface area contributed by atoms with Gasteiger partial charge in [0.1, 0.15) is 0 Å². The van der Waals surface area contributed by atoms with Crippen molar-refractivity contribution in [2.24, 2.45) is 5.92 Å². The molecule has 0 aliphatic heterocycles. The van der Waals surface area contributed by atoms with Crippen LogP contribution in [0.5, 0.6) is 0 Å². The molecule has 0 radical (unpaired) electrons. The number of hydrogen-bond donors (Lipinski definition) is 1. The second kappa shape index (κ2) is 23.3. The maximum atomic E-state index is 12.0. The normalized spacial score (nSPS) is 12.3. The van der Waals surface area contributed by atoms with Crippen molar-refractivity contribution in [1.82, 2.24) is 0 Å². The molecule has 31 heavy (non-hydrogen) atoms. The average Bonchev–Trinajstić information content (AvgIpc) is 2.75. The molecule has 0 aromatic carbocycles. The molecule has 0 bridgehead atoms. The molecule has 1 N–H and O–H groups in total. The molecule has 0 aliphatic rings. The number of allylic oxidation sites excluding steroid dienone is 2. The third-order valence-corrected chi connectivity index (χ3v) is 5.77. The van der Waals surface area contributed by atoms with Gasteiger partial charge in [-0.3, -0.25) is 9.59 Å². The van der Waals surface area contributed by atoms with Gasteiger partial charge < -0.3 is 9.84 Å². The van der Waals surface area contributed by atoms with Gasteiger partial charge in [-0.25, -0.2) is 0 Å². The summed E-state index contributed by atoms with van der Waals surface area (Å²) in [6.45, 7) is 4.57. The summed E-state index contributed by atoms with van der Waals surface area (Å²) in [5.74, 6) is -1.75. The van der Waals surface area contributed by atoms with Crippen LogP contribution in [0.15, 0.2) is 12.2 Å². The fourth-order valence-corrected chi connectivity index (χ4v) is 3.83. The molecular weight excluding hydrogens is 388 g/mol. The average molecular weight is 439 g/mol. The van der Waals surface area contributed by atoms with Crippen molar-refractivity contribution >= 4 is 11.9 Å². The van der Waals surface area contributed by atoms with E-state index < -0.39 is 11.9 Å². The minimum atomic E-state index is -0.919. The fourth-order valence-electron chi connectivity index (χ4n) is 3.83. The number of carboxylic acid groups (broad SMARTS) is 1. The van der Waals surface area contributed by atoms with Crippen molar-refractivity contribution in [3.05, 3.63) is 12.2 Å². The van der Waals surface area contributed by atoms with Gasteiger partial charge in [0.2, 0.25) is 0 Å². The highest BCUT2D eigenvalue weighted by molar-refractivity contribution is 5.79. The third-order valence-electron chi connectivity index (χ3n) is 5.77. The van der Waals surface area contributed by atoms with Crippen LogP contribution in [0.3, 0.4) is 0 Å². The number of rotatable bonds is 23. The van der Waals surface area contributed by atoms with Gasteiger partial charge in [0.25, 0.3) is 0 Å². The summed E-state index contributed by atoms with van der Waals surface area (Å²) in [7, 11) is 0. The summed E-state index contributed by atoms with van der Waals surface area (Å²) in [6, 6.07) is 0. The van der Waals surface area contributed by atoms with E-state index >= 15 is 0 Å². The number of unbranched alkanes of at least 4 members (excludes halogenated alkanes) is 14. The summed E-state index contributed by atoms with van der Waals surface area (Å²) in [5.41, 5.74) is 0. The molecule has 0 rings (SSSR count). The number of carboxylic acids is 1. The van der Waals surface area contributed by atoms with E-state index in [4.69, 9.17) is 9.84 Å². The van der Waals surface area contributed by atoms with Gasteiger partial charge in [0.05, 0.1) is 18.9 Å². The number of esters is 1. The standard InChI is InChI=1S/C27H50O4/c1-3-5-6-7-8-9-10-11-12-13-14-15-16-17-18-19-20-21-22-25(24-26(28)29)27(30)31-23-4-2/h8-9,25H,3-7,10-24H2,1-2H3,(H,28,29)/b9-8+. The van der Waals surface area contributed by atoms with Crippen molar-refractivity contribution in [2.75, 3.05) is 6.61 Å². The van der Waals surface area contributed by atoms with Crippen LogP contribution in [0.4, 0.5) is 0 Å². The molecule has 1 unspecified atom stereocenters. The van der Waals surface area contributed by atoms with E-state index in [-0.39, 0.29) is 12.4 Å². The molecular formula is C27H50O4. The van der Waals surface area contributed by atoms with E-state index in [2.05, 4.69) is 19.1 Å². The molecule has 0 aliphatic carbocycles. The van der Waals surface area contributed by atoms with Gasteiger partial charge in [-0.2, -0.15) is 0 Å². The number of carbonyl (C=O) groups excluding carboxylic acids is 1. The smallest absolute Gasteiger partial charge is 0.309 e. The predicted molar refractivity (Wildman–Crippen MR) is 130 cm³/mol. The molecule has 0 aromatic rings. The van der Waals surface area contributed by atoms with Crippen LogP contribution in [0.1, 0.15) is 136 Å². The van der Waals surface area contributed by atoms with Crippen molar-refractivity contribution < 1.29 is 19.4 Å². The summed E-state index contributed by atoms with van der Waals surface area (Å²) in [4.78, 5) is 22.9. The van der Waals surface area contributed by atoms with Crippen molar-refractivity contribution in [1.29, 1.82) is 0 Å². The lowest BCUT2D eigenvalue weighted by molar-refractivity contribution is -0.153. The van der Waals surface area contributed by atoms with Gasteiger partial charge in [-0.15, -0.1) is 0 Å². The first-order valence-corrected chi connectivity index (χ1v) is 13.1. The molecule has 0 spiro atoms. The Labute approximate surface area is 192 Å². The zero-order valence-corrected chi connectivity index (χ0v) is 20.5. The monoisotopic (exact) mass is 438 g/mol. The van der Waals surface area contributed by atoms with Crippen LogP contribution >= 0.6 is 0 Å². The zero-order valence-electron chi connectivity index (χ0n) is 20.5. The number of carbonyl (C=O) groups is 2. The second-order valence-corrected chi connectivity index (χ2v) is 8.90. The van der Waals surface area contributed by atoms with Crippen molar-refractivity contribution in [3.63, 3.8) is 0 Å².